The average Bonchev–Trinajstić information content (AvgIpc) is 3.08. The lowest BCUT2D eigenvalue weighted by Crippen LogP contribution is -2.32. The molecule has 4 atom stereocenters. The Morgan fingerprint density at radius 2 is 1.70 bits per heavy atom. The van der Waals surface area contributed by atoms with E-state index in [-0.39, 0.29) is 46.9 Å². The molecule has 20 heavy (non-hydrogen) atoms. The summed E-state index contributed by atoms with van der Waals surface area (Å²) in [5, 5.41) is 10.3. The number of phenols is 1. The van der Waals surface area contributed by atoms with Crippen molar-refractivity contribution in [2.75, 3.05) is 4.90 Å². The molecule has 0 aromatic heterocycles. The van der Waals surface area contributed by atoms with Crippen molar-refractivity contribution in [3.8, 4) is 5.75 Å². The Balaban J connectivity index is 1.80. The number of allylic oxidation sites excluding steroid dienone is 2. The molecule has 2 bridgehead atoms. The van der Waals surface area contributed by atoms with Crippen LogP contribution in [0.3, 0.4) is 0 Å². The molecule has 4 unspecified atom stereocenters. The highest BCUT2D eigenvalue weighted by atomic mass is 35.5. The van der Waals surface area contributed by atoms with Crippen LogP contribution >= 0.6 is 11.6 Å². The van der Waals surface area contributed by atoms with E-state index in [0.717, 1.165) is 11.3 Å². The summed E-state index contributed by atoms with van der Waals surface area (Å²) >= 11 is 5.91. The summed E-state index contributed by atoms with van der Waals surface area (Å²) in [6.45, 7) is 0. The first-order valence-corrected chi connectivity index (χ1v) is 7.00. The third-order valence-corrected chi connectivity index (χ3v) is 4.88. The summed E-state index contributed by atoms with van der Waals surface area (Å²) in [6, 6.07) is 4.39. The Hall–Kier alpha value is -1.81. The van der Waals surface area contributed by atoms with E-state index < -0.39 is 0 Å². The van der Waals surface area contributed by atoms with Crippen LogP contribution in [0.25, 0.3) is 0 Å². The lowest BCUT2D eigenvalue weighted by atomic mass is 9.85. The number of hydrogen-bond donors (Lipinski definition) is 1. The molecule has 1 N–H and O–H groups in total. The van der Waals surface area contributed by atoms with Gasteiger partial charge in [0.2, 0.25) is 11.8 Å². The van der Waals surface area contributed by atoms with Crippen LogP contribution in [0.1, 0.15) is 6.42 Å². The number of halogens is 1. The summed E-state index contributed by atoms with van der Waals surface area (Å²) in [5.74, 6) is -0.743. The number of phenolic OH excluding ortho intramolecular Hbond substituents is 1. The van der Waals surface area contributed by atoms with Gasteiger partial charge >= 0.3 is 0 Å². The van der Waals surface area contributed by atoms with Crippen molar-refractivity contribution in [3.63, 3.8) is 0 Å². The molecule has 2 aliphatic carbocycles. The van der Waals surface area contributed by atoms with Crippen LogP contribution in [0.2, 0.25) is 5.02 Å². The summed E-state index contributed by atoms with van der Waals surface area (Å²) < 4.78 is 0. The Labute approximate surface area is 120 Å². The minimum Gasteiger partial charge on any atom is -0.506 e. The molecule has 4 rings (SSSR count). The largest absolute Gasteiger partial charge is 0.506 e. The van der Waals surface area contributed by atoms with Gasteiger partial charge in [0, 0.05) is 5.02 Å². The van der Waals surface area contributed by atoms with E-state index in [2.05, 4.69) is 0 Å². The molecule has 1 heterocycles. The molecule has 0 spiro atoms. The van der Waals surface area contributed by atoms with Gasteiger partial charge in [0.1, 0.15) is 5.75 Å². The van der Waals surface area contributed by atoms with Crippen molar-refractivity contribution in [1.82, 2.24) is 0 Å². The molecule has 0 radical (unpaired) electrons. The Morgan fingerprint density at radius 3 is 2.30 bits per heavy atom. The number of rotatable bonds is 1. The number of hydrogen-bond acceptors (Lipinski definition) is 3. The second-order valence-corrected chi connectivity index (χ2v) is 6.08. The van der Waals surface area contributed by atoms with E-state index in [9.17, 15) is 14.7 Å². The lowest BCUT2D eigenvalue weighted by Gasteiger charge is -2.18. The number of anilines is 1. The normalized spacial score (nSPS) is 34.1. The number of benzene rings is 1. The Kier molecular flexibility index (Phi) is 2.31. The van der Waals surface area contributed by atoms with Gasteiger partial charge in [-0.1, -0.05) is 23.8 Å². The molecule has 4 nitrogen and oxygen atoms in total. The number of nitrogens with zero attached hydrogens (tertiary/aromatic N) is 1. The fraction of sp³-hybridized carbons (Fsp3) is 0.333. The summed E-state index contributed by atoms with van der Waals surface area (Å²) in [5.41, 5.74) is 0.196. The van der Waals surface area contributed by atoms with Crippen molar-refractivity contribution in [1.29, 1.82) is 0 Å². The number of carbonyl (C=O) groups is 2. The monoisotopic (exact) mass is 289 g/mol. The van der Waals surface area contributed by atoms with E-state index >= 15 is 0 Å². The maximum absolute atomic E-state index is 12.6. The fourth-order valence-electron chi connectivity index (χ4n) is 3.82. The lowest BCUT2D eigenvalue weighted by molar-refractivity contribution is -0.123. The number of fused-ring (bicyclic) bond motifs is 5. The minimum atomic E-state index is -0.268. The van der Waals surface area contributed by atoms with Crippen molar-refractivity contribution < 1.29 is 14.7 Å². The second kappa shape index (κ2) is 3.85. The third kappa shape index (κ3) is 1.37. The van der Waals surface area contributed by atoms with Gasteiger partial charge in [-0.2, -0.15) is 0 Å². The number of aromatic hydroxyl groups is 1. The van der Waals surface area contributed by atoms with E-state index in [0.29, 0.717) is 5.02 Å². The molecule has 2 amide bonds. The van der Waals surface area contributed by atoms with Crippen molar-refractivity contribution in [2.24, 2.45) is 23.7 Å². The number of amides is 2. The van der Waals surface area contributed by atoms with E-state index in [1.165, 1.54) is 18.2 Å². The molecule has 2 fully saturated rings. The molecule has 1 aromatic carbocycles. The standard InChI is InChI=1S/C15H12ClNO3/c16-9-3-4-11(18)10(6-9)17-14(19)12-7-1-2-8(5-7)13(12)15(17)20/h1-4,6-8,12-13,18H,5H2. The first-order valence-electron chi connectivity index (χ1n) is 6.62. The molecule has 1 aliphatic heterocycles. The minimum absolute atomic E-state index is 0.101. The zero-order valence-electron chi connectivity index (χ0n) is 10.5. The predicted molar refractivity (Wildman–Crippen MR) is 73.3 cm³/mol. The van der Waals surface area contributed by atoms with Gasteiger partial charge in [-0.25, -0.2) is 4.90 Å². The maximum atomic E-state index is 12.6. The topological polar surface area (TPSA) is 57.6 Å². The van der Waals surface area contributed by atoms with Gasteiger partial charge < -0.3 is 5.11 Å². The highest BCUT2D eigenvalue weighted by Gasteiger charge is 2.59. The Morgan fingerprint density at radius 1 is 1.10 bits per heavy atom. The molecular formula is C15H12ClNO3. The van der Waals surface area contributed by atoms with Crippen molar-refractivity contribution >= 4 is 29.1 Å². The molecule has 1 saturated carbocycles. The quantitative estimate of drug-likeness (QED) is 0.638. The Bertz CT molecular complexity index is 639. The zero-order valence-corrected chi connectivity index (χ0v) is 11.2. The van der Waals surface area contributed by atoms with Crippen molar-refractivity contribution in [2.45, 2.75) is 6.42 Å². The van der Waals surface area contributed by atoms with Crippen LogP contribution in [0, 0.1) is 23.7 Å². The average molecular weight is 290 g/mol. The van der Waals surface area contributed by atoms with Crippen LogP contribution in [-0.2, 0) is 9.59 Å². The van der Waals surface area contributed by atoms with Gasteiger partial charge in [-0.3, -0.25) is 9.59 Å². The van der Waals surface area contributed by atoms with Gasteiger partial charge in [0.05, 0.1) is 17.5 Å². The first-order chi connectivity index (χ1) is 9.58. The number of carbonyl (C=O) groups excluding carboxylic acids is 2. The zero-order chi connectivity index (χ0) is 14.0. The van der Waals surface area contributed by atoms with E-state index in [4.69, 9.17) is 11.6 Å². The highest BCUT2D eigenvalue weighted by Crippen LogP contribution is 2.53. The van der Waals surface area contributed by atoms with Crippen LogP contribution < -0.4 is 4.90 Å². The van der Waals surface area contributed by atoms with Gasteiger partial charge in [0.25, 0.3) is 0 Å². The molecule has 1 aromatic rings. The van der Waals surface area contributed by atoms with Crippen LogP contribution in [0.15, 0.2) is 30.4 Å². The molecule has 1 saturated heterocycles. The third-order valence-electron chi connectivity index (χ3n) is 4.65. The fourth-order valence-corrected chi connectivity index (χ4v) is 3.98. The molecule has 5 heteroatoms. The smallest absolute Gasteiger partial charge is 0.238 e. The number of imide groups is 1. The van der Waals surface area contributed by atoms with Gasteiger partial charge in [-0.15, -0.1) is 0 Å². The predicted octanol–water partition coefficient (Wildman–Crippen LogP) is 2.36. The summed E-state index contributed by atoms with van der Waals surface area (Å²) in [4.78, 5) is 26.3. The first kappa shape index (κ1) is 12.0. The van der Waals surface area contributed by atoms with Crippen LogP contribution in [0.5, 0.6) is 5.75 Å². The molecule has 3 aliphatic rings. The summed E-state index contributed by atoms with van der Waals surface area (Å²) in [7, 11) is 0. The highest BCUT2D eigenvalue weighted by molar-refractivity contribution is 6.31. The maximum Gasteiger partial charge on any atom is 0.238 e. The molecule has 102 valence electrons. The van der Waals surface area contributed by atoms with E-state index in [1.807, 2.05) is 12.2 Å². The van der Waals surface area contributed by atoms with Crippen LogP contribution in [-0.4, -0.2) is 16.9 Å². The second-order valence-electron chi connectivity index (χ2n) is 5.64. The van der Waals surface area contributed by atoms with Gasteiger partial charge in [-0.05, 0) is 36.5 Å². The van der Waals surface area contributed by atoms with E-state index in [1.54, 1.807) is 0 Å². The van der Waals surface area contributed by atoms with Crippen LogP contribution in [0.4, 0.5) is 5.69 Å². The van der Waals surface area contributed by atoms with Gasteiger partial charge in [0.15, 0.2) is 0 Å². The summed E-state index contributed by atoms with van der Waals surface area (Å²) in [6.07, 6.45) is 4.97. The SMILES string of the molecule is O=C1C2C3C=CC(C3)C2C(=O)N1c1cc(Cl)ccc1O. The van der Waals surface area contributed by atoms with Crippen molar-refractivity contribution in [3.05, 3.63) is 35.4 Å². The molecular weight excluding hydrogens is 278 g/mol.